The summed E-state index contributed by atoms with van der Waals surface area (Å²) in [5.74, 6) is 0.174. The number of piperazine rings is 1. The summed E-state index contributed by atoms with van der Waals surface area (Å²) >= 11 is 0. The predicted octanol–water partition coefficient (Wildman–Crippen LogP) is 0.276. The molecule has 1 saturated heterocycles. The fraction of sp³-hybridized carbons (Fsp3) is 0.882. The number of esters is 1. The first-order chi connectivity index (χ1) is 12.4. The molecule has 0 atom stereocenters. The van der Waals surface area contributed by atoms with Crippen LogP contribution in [0.15, 0.2) is 4.99 Å². The zero-order valence-corrected chi connectivity index (χ0v) is 18.1. The van der Waals surface area contributed by atoms with Gasteiger partial charge in [0.1, 0.15) is 12.1 Å². The molecule has 1 N–H and O–H groups in total. The number of hydrogen-bond acceptors (Lipinski definition) is 6. The topological polar surface area (TPSA) is 101 Å². The Balaban J connectivity index is 2.48. The summed E-state index contributed by atoms with van der Waals surface area (Å²) in [5, 5.41) is 2.98. The molecule has 9 nitrogen and oxygen atoms in total. The smallest absolute Gasteiger partial charge is 0.325 e. The molecular formula is C17H34N4O5S. The van der Waals surface area contributed by atoms with E-state index in [4.69, 9.17) is 9.47 Å². The number of guanidine groups is 1. The van der Waals surface area contributed by atoms with E-state index in [1.54, 1.807) is 7.05 Å². The van der Waals surface area contributed by atoms with E-state index >= 15 is 0 Å². The van der Waals surface area contributed by atoms with E-state index in [1.165, 1.54) is 4.31 Å². The number of ether oxygens (including phenoxy) is 2. The zero-order valence-electron chi connectivity index (χ0n) is 17.3. The molecule has 158 valence electrons. The molecule has 0 amide bonds. The molecule has 10 heteroatoms. The Morgan fingerprint density at radius 2 is 1.78 bits per heavy atom. The summed E-state index contributed by atoms with van der Waals surface area (Å²) in [4.78, 5) is 17.9. The first kappa shape index (κ1) is 23.6. The van der Waals surface area contributed by atoms with Crippen LogP contribution in [-0.4, -0.2) is 93.4 Å². The van der Waals surface area contributed by atoms with Gasteiger partial charge < -0.3 is 19.7 Å². The van der Waals surface area contributed by atoms with Crippen LogP contribution in [0.2, 0.25) is 0 Å². The molecule has 1 heterocycles. The highest BCUT2D eigenvalue weighted by Gasteiger charge is 2.28. The summed E-state index contributed by atoms with van der Waals surface area (Å²) in [5.41, 5.74) is -0.540. The third-order valence-electron chi connectivity index (χ3n) is 3.75. The predicted molar refractivity (Wildman–Crippen MR) is 105 cm³/mol. The fourth-order valence-corrected chi connectivity index (χ4v) is 3.84. The molecule has 0 saturated carbocycles. The molecule has 0 bridgehead atoms. The molecular weight excluding hydrogens is 372 g/mol. The van der Waals surface area contributed by atoms with Crippen molar-refractivity contribution in [1.82, 2.24) is 14.5 Å². The third-order valence-corrected chi connectivity index (χ3v) is 5.58. The van der Waals surface area contributed by atoms with Gasteiger partial charge in [-0.3, -0.25) is 9.79 Å². The Morgan fingerprint density at radius 1 is 1.19 bits per heavy atom. The van der Waals surface area contributed by atoms with Crippen molar-refractivity contribution in [3.63, 3.8) is 0 Å². The summed E-state index contributed by atoms with van der Waals surface area (Å²) in [6, 6.07) is 0. The van der Waals surface area contributed by atoms with Crippen LogP contribution in [0.25, 0.3) is 0 Å². The summed E-state index contributed by atoms with van der Waals surface area (Å²) in [7, 11) is -1.70. The quantitative estimate of drug-likeness (QED) is 0.368. The summed E-state index contributed by atoms with van der Waals surface area (Å²) in [6.45, 7) is 11.1. The normalized spacial score (nSPS) is 17.3. The Kier molecular flexibility index (Phi) is 8.97. The van der Waals surface area contributed by atoms with Crippen LogP contribution in [0.4, 0.5) is 0 Å². The zero-order chi connectivity index (χ0) is 20.7. The van der Waals surface area contributed by atoms with Crippen LogP contribution in [0.3, 0.4) is 0 Å². The van der Waals surface area contributed by atoms with Gasteiger partial charge in [0.15, 0.2) is 5.96 Å². The van der Waals surface area contributed by atoms with E-state index in [0.717, 1.165) is 0 Å². The number of hydrogen-bond donors (Lipinski definition) is 1. The van der Waals surface area contributed by atoms with Crippen LogP contribution in [-0.2, 0) is 24.3 Å². The van der Waals surface area contributed by atoms with Gasteiger partial charge in [-0.15, -0.1) is 0 Å². The first-order valence-corrected chi connectivity index (χ1v) is 10.8. The van der Waals surface area contributed by atoms with Gasteiger partial charge in [-0.1, -0.05) is 0 Å². The van der Waals surface area contributed by atoms with Crippen molar-refractivity contribution in [2.75, 3.05) is 52.1 Å². The van der Waals surface area contributed by atoms with Crippen molar-refractivity contribution in [2.24, 2.45) is 4.99 Å². The highest BCUT2D eigenvalue weighted by molar-refractivity contribution is 7.89. The van der Waals surface area contributed by atoms with Crippen LogP contribution in [0.5, 0.6) is 0 Å². The Hall–Kier alpha value is -1.39. The maximum atomic E-state index is 12.4. The van der Waals surface area contributed by atoms with Crippen LogP contribution < -0.4 is 5.32 Å². The van der Waals surface area contributed by atoms with Gasteiger partial charge in [-0.25, -0.2) is 8.42 Å². The van der Waals surface area contributed by atoms with Crippen LogP contribution >= 0.6 is 0 Å². The van der Waals surface area contributed by atoms with E-state index < -0.39 is 15.6 Å². The number of carbonyl (C=O) groups is 1. The van der Waals surface area contributed by atoms with Crippen molar-refractivity contribution in [3.05, 3.63) is 0 Å². The standard InChI is InChI=1S/C17H34N4O5S/c1-14(2)25-11-12-27(23,24)21-9-7-20(8-10-21)16(18-6)19-13-15(22)26-17(3,4)5/h14H,7-13H2,1-6H3,(H,18,19). The molecule has 0 unspecified atom stereocenters. The maximum absolute atomic E-state index is 12.4. The second-order valence-corrected chi connectivity index (χ2v) is 9.70. The van der Waals surface area contributed by atoms with Crippen molar-refractivity contribution >= 4 is 22.0 Å². The number of nitrogens with zero attached hydrogens (tertiary/aromatic N) is 3. The summed E-state index contributed by atoms with van der Waals surface area (Å²) in [6.07, 6.45) is 0.0106. The van der Waals surface area contributed by atoms with Crippen molar-refractivity contribution in [3.8, 4) is 0 Å². The van der Waals surface area contributed by atoms with Gasteiger partial charge in [-0.2, -0.15) is 4.31 Å². The van der Waals surface area contributed by atoms with Gasteiger partial charge in [0.05, 0.1) is 18.5 Å². The number of nitrogens with one attached hydrogen (secondary N) is 1. The van der Waals surface area contributed by atoms with Crippen LogP contribution in [0.1, 0.15) is 34.6 Å². The molecule has 1 aliphatic rings. The number of sulfonamides is 1. The lowest BCUT2D eigenvalue weighted by atomic mass is 10.2. The average Bonchev–Trinajstić information content (AvgIpc) is 2.53. The molecule has 0 spiro atoms. The first-order valence-electron chi connectivity index (χ1n) is 9.21. The van der Waals surface area contributed by atoms with E-state index in [9.17, 15) is 13.2 Å². The Bertz CT molecular complexity index is 605. The lowest BCUT2D eigenvalue weighted by Crippen LogP contribution is -2.54. The van der Waals surface area contributed by atoms with E-state index in [-0.39, 0.29) is 31.0 Å². The van der Waals surface area contributed by atoms with Gasteiger partial charge in [0.25, 0.3) is 0 Å². The second-order valence-electron chi connectivity index (χ2n) is 7.61. The Labute approximate surface area is 163 Å². The van der Waals surface area contributed by atoms with Crippen molar-refractivity contribution in [1.29, 1.82) is 0 Å². The maximum Gasteiger partial charge on any atom is 0.325 e. The molecule has 0 aromatic rings. The van der Waals surface area contributed by atoms with Crippen molar-refractivity contribution in [2.45, 2.75) is 46.3 Å². The van der Waals surface area contributed by atoms with Crippen molar-refractivity contribution < 1.29 is 22.7 Å². The third kappa shape index (κ3) is 8.89. The lowest BCUT2D eigenvalue weighted by Gasteiger charge is -2.35. The van der Waals surface area contributed by atoms with E-state index in [0.29, 0.717) is 32.1 Å². The largest absolute Gasteiger partial charge is 0.459 e. The number of rotatable bonds is 7. The second kappa shape index (κ2) is 10.2. The Morgan fingerprint density at radius 3 is 2.26 bits per heavy atom. The van der Waals surface area contributed by atoms with Gasteiger partial charge in [-0.05, 0) is 34.6 Å². The van der Waals surface area contributed by atoms with Gasteiger partial charge in [0.2, 0.25) is 10.0 Å². The van der Waals surface area contributed by atoms with Gasteiger partial charge in [0, 0.05) is 33.2 Å². The average molecular weight is 407 g/mol. The minimum absolute atomic E-state index is 0.00893. The SMILES string of the molecule is CN=C(NCC(=O)OC(C)(C)C)N1CCN(S(=O)(=O)CCOC(C)C)CC1. The highest BCUT2D eigenvalue weighted by Crippen LogP contribution is 2.09. The monoisotopic (exact) mass is 406 g/mol. The molecule has 1 aliphatic heterocycles. The highest BCUT2D eigenvalue weighted by atomic mass is 32.2. The van der Waals surface area contributed by atoms with E-state index in [1.807, 2.05) is 39.5 Å². The minimum Gasteiger partial charge on any atom is -0.459 e. The number of carbonyl (C=O) groups excluding carboxylic acids is 1. The molecule has 27 heavy (non-hydrogen) atoms. The molecule has 0 aromatic heterocycles. The number of aliphatic imine (C=N–C) groups is 1. The molecule has 1 rings (SSSR count). The molecule has 0 radical (unpaired) electrons. The van der Waals surface area contributed by atoms with E-state index in [2.05, 4.69) is 10.3 Å². The summed E-state index contributed by atoms with van der Waals surface area (Å²) < 4.78 is 36.8. The van der Waals surface area contributed by atoms with Crippen LogP contribution in [0, 0.1) is 0 Å². The minimum atomic E-state index is -3.33. The molecule has 0 aromatic carbocycles. The molecule has 0 aliphatic carbocycles. The fourth-order valence-electron chi connectivity index (χ4n) is 2.56. The lowest BCUT2D eigenvalue weighted by molar-refractivity contribution is -0.153. The molecule has 1 fully saturated rings. The van der Waals surface area contributed by atoms with Gasteiger partial charge >= 0.3 is 5.97 Å².